The minimum atomic E-state index is -0.880. The Bertz CT molecular complexity index is 550. The third-order valence-electron chi connectivity index (χ3n) is 3.75. The summed E-state index contributed by atoms with van der Waals surface area (Å²) < 4.78 is 5.55. The lowest BCUT2D eigenvalue weighted by Crippen LogP contribution is -2.35. The van der Waals surface area contributed by atoms with Gasteiger partial charge in [0.1, 0.15) is 5.75 Å². The third-order valence-corrected chi connectivity index (χ3v) is 3.75. The van der Waals surface area contributed by atoms with Gasteiger partial charge in [0.15, 0.2) is 0 Å². The molecule has 2 aliphatic rings. The smallest absolute Gasteiger partial charge is 0.411 e. The number of fused-ring (bicyclic) bond motifs is 1. The minimum Gasteiger partial charge on any atom is -0.493 e. The molecule has 0 fully saturated rings. The summed E-state index contributed by atoms with van der Waals surface area (Å²) in [7, 11) is 0. The van der Waals surface area contributed by atoms with E-state index in [-0.39, 0.29) is 0 Å². The van der Waals surface area contributed by atoms with Crippen molar-refractivity contribution in [2.75, 3.05) is 13.2 Å². The summed E-state index contributed by atoms with van der Waals surface area (Å²) in [5.74, 6) is 1.26. The highest BCUT2D eigenvalue weighted by Gasteiger charge is 2.27. The lowest BCUT2D eigenvalue weighted by atomic mass is 9.95. The van der Waals surface area contributed by atoms with Crippen LogP contribution in [0.5, 0.6) is 5.75 Å². The Kier molecular flexibility index (Phi) is 2.93. The third kappa shape index (κ3) is 2.07. The Hall–Kier alpha value is -1.97. The highest BCUT2D eigenvalue weighted by molar-refractivity contribution is 5.83. The van der Waals surface area contributed by atoms with Crippen LogP contribution >= 0.6 is 0 Å². The van der Waals surface area contributed by atoms with Gasteiger partial charge in [-0.3, -0.25) is 4.90 Å². The maximum Gasteiger partial charge on any atom is 0.411 e. The largest absolute Gasteiger partial charge is 0.493 e. The molecule has 19 heavy (non-hydrogen) atoms. The molecule has 0 saturated carbocycles. The molecule has 1 N–H and O–H groups in total. The Balaban J connectivity index is 2.05. The van der Waals surface area contributed by atoms with Crippen molar-refractivity contribution >= 4 is 11.8 Å². The van der Waals surface area contributed by atoms with Crippen LogP contribution in [0.4, 0.5) is 4.79 Å². The molecule has 1 aromatic carbocycles. The molecule has 2 heterocycles. The predicted octanol–water partition coefficient (Wildman–Crippen LogP) is 2.98. The standard InChI is InChI=1S/C15H17NO3/c1-10-5-6-13(16(9-10)15(17)18)11-3-2-4-14-12(11)7-8-19-14/h2-4,6,10H,5,7-9H2,1H3,(H,17,18). The van der Waals surface area contributed by atoms with Crippen LogP contribution in [0.15, 0.2) is 24.3 Å². The topological polar surface area (TPSA) is 49.8 Å². The van der Waals surface area contributed by atoms with E-state index in [0.717, 1.165) is 35.4 Å². The molecule has 0 bridgehead atoms. The average Bonchev–Trinajstić information content (AvgIpc) is 2.86. The number of benzene rings is 1. The second kappa shape index (κ2) is 4.61. The number of ether oxygens (including phenoxy) is 1. The van der Waals surface area contributed by atoms with Gasteiger partial charge in [0.05, 0.1) is 12.3 Å². The van der Waals surface area contributed by atoms with Crippen molar-refractivity contribution in [2.45, 2.75) is 19.8 Å². The first-order valence-electron chi connectivity index (χ1n) is 6.62. The quantitative estimate of drug-likeness (QED) is 0.843. The molecule has 1 atom stereocenters. The zero-order valence-electron chi connectivity index (χ0n) is 10.9. The summed E-state index contributed by atoms with van der Waals surface area (Å²) in [5, 5.41) is 9.39. The number of hydrogen-bond donors (Lipinski definition) is 1. The second-order valence-corrected chi connectivity index (χ2v) is 5.20. The fourth-order valence-corrected chi connectivity index (χ4v) is 2.81. The fraction of sp³-hybridized carbons (Fsp3) is 0.400. The Morgan fingerprint density at radius 3 is 3.11 bits per heavy atom. The van der Waals surface area contributed by atoms with Crippen molar-refractivity contribution < 1.29 is 14.6 Å². The van der Waals surface area contributed by atoms with Gasteiger partial charge >= 0.3 is 6.09 Å². The van der Waals surface area contributed by atoms with Gasteiger partial charge in [-0.15, -0.1) is 0 Å². The zero-order valence-corrected chi connectivity index (χ0v) is 10.9. The summed E-state index contributed by atoms with van der Waals surface area (Å²) in [6.45, 7) is 3.32. The molecule has 100 valence electrons. The Morgan fingerprint density at radius 2 is 2.32 bits per heavy atom. The van der Waals surface area contributed by atoms with Crippen LogP contribution in [0.1, 0.15) is 24.5 Å². The van der Waals surface area contributed by atoms with Crippen molar-refractivity contribution in [3.05, 3.63) is 35.4 Å². The molecule has 1 amide bonds. The molecule has 2 aliphatic heterocycles. The number of allylic oxidation sites excluding steroid dienone is 1. The number of carbonyl (C=O) groups is 1. The maximum atomic E-state index is 11.4. The molecular weight excluding hydrogens is 242 g/mol. The second-order valence-electron chi connectivity index (χ2n) is 5.20. The lowest BCUT2D eigenvalue weighted by molar-refractivity contribution is 0.159. The Morgan fingerprint density at radius 1 is 1.47 bits per heavy atom. The van der Waals surface area contributed by atoms with E-state index >= 15 is 0 Å². The maximum absolute atomic E-state index is 11.4. The SMILES string of the molecule is CC1CC=C(c2cccc3c2CCO3)N(C(=O)O)C1. The van der Waals surface area contributed by atoms with Crippen LogP contribution in [0.3, 0.4) is 0 Å². The van der Waals surface area contributed by atoms with E-state index in [9.17, 15) is 9.90 Å². The van der Waals surface area contributed by atoms with Crippen LogP contribution in [0, 0.1) is 5.92 Å². The van der Waals surface area contributed by atoms with Crippen molar-refractivity contribution in [3.63, 3.8) is 0 Å². The van der Waals surface area contributed by atoms with Crippen LogP contribution in [-0.2, 0) is 6.42 Å². The van der Waals surface area contributed by atoms with Crippen LogP contribution in [0.2, 0.25) is 0 Å². The fourth-order valence-electron chi connectivity index (χ4n) is 2.81. The normalized spacial score (nSPS) is 21.6. The van der Waals surface area contributed by atoms with Crippen molar-refractivity contribution in [3.8, 4) is 5.75 Å². The first-order valence-corrected chi connectivity index (χ1v) is 6.62. The van der Waals surface area contributed by atoms with Gasteiger partial charge in [0.25, 0.3) is 0 Å². The van der Waals surface area contributed by atoms with Gasteiger partial charge < -0.3 is 9.84 Å². The van der Waals surface area contributed by atoms with Gasteiger partial charge in [-0.25, -0.2) is 4.79 Å². The van der Waals surface area contributed by atoms with E-state index < -0.39 is 6.09 Å². The highest BCUT2D eigenvalue weighted by atomic mass is 16.5. The number of hydrogen-bond acceptors (Lipinski definition) is 2. The predicted molar refractivity (Wildman–Crippen MR) is 72.1 cm³/mol. The molecule has 1 aromatic rings. The summed E-state index contributed by atoms with van der Waals surface area (Å²) in [6.07, 6.45) is 2.93. The number of rotatable bonds is 1. The van der Waals surface area contributed by atoms with E-state index in [2.05, 4.69) is 6.92 Å². The molecule has 4 nitrogen and oxygen atoms in total. The molecule has 0 spiro atoms. The highest BCUT2D eigenvalue weighted by Crippen LogP contribution is 2.36. The van der Waals surface area contributed by atoms with Crippen LogP contribution in [0.25, 0.3) is 5.70 Å². The molecule has 3 rings (SSSR count). The summed E-state index contributed by atoms with van der Waals surface area (Å²) in [5.41, 5.74) is 2.95. The van der Waals surface area contributed by atoms with Gasteiger partial charge in [-0.1, -0.05) is 25.1 Å². The first kappa shape index (κ1) is 12.1. The molecule has 1 unspecified atom stereocenters. The summed E-state index contributed by atoms with van der Waals surface area (Å²) >= 11 is 0. The van der Waals surface area contributed by atoms with E-state index in [1.54, 1.807) is 0 Å². The molecule has 0 aromatic heterocycles. The van der Waals surface area contributed by atoms with E-state index in [1.807, 2.05) is 24.3 Å². The van der Waals surface area contributed by atoms with Crippen molar-refractivity contribution in [1.82, 2.24) is 4.90 Å². The van der Waals surface area contributed by atoms with E-state index in [1.165, 1.54) is 4.90 Å². The first-order chi connectivity index (χ1) is 9.16. The summed E-state index contributed by atoms with van der Waals surface area (Å²) in [6, 6.07) is 5.87. The Labute approximate surface area is 112 Å². The summed E-state index contributed by atoms with van der Waals surface area (Å²) in [4.78, 5) is 12.9. The lowest BCUT2D eigenvalue weighted by Gasteiger charge is -2.30. The van der Waals surface area contributed by atoms with E-state index in [0.29, 0.717) is 19.1 Å². The molecule has 0 saturated heterocycles. The number of amides is 1. The van der Waals surface area contributed by atoms with Crippen molar-refractivity contribution in [2.24, 2.45) is 5.92 Å². The zero-order chi connectivity index (χ0) is 13.4. The number of carboxylic acid groups (broad SMARTS) is 1. The minimum absolute atomic E-state index is 0.368. The van der Waals surface area contributed by atoms with Gasteiger partial charge in [0, 0.05) is 24.1 Å². The van der Waals surface area contributed by atoms with Crippen LogP contribution < -0.4 is 4.74 Å². The molecule has 0 aliphatic carbocycles. The number of nitrogens with zero attached hydrogens (tertiary/aromatic N) is 1. The van der Waals surface area contributed by atoms with E-state index in [4.69, 9.17) is 4.74 Å². The van der Waals surface area contributed by atoms with Crippen molar-refractivity contribution in [1.29, 1.82) is 0 Å². The van der Waals surface area contributed by atoms with Gasteiger partial charge in [-0.05, 0) is 18.4 Å². The molecular formula is C15H17NO3. The van der Waals surface area contributed by atoms with Crippen LogP contribution in [-0.4, -0.2) is 29.3 Å². The van der Waals surface area contributed by atoms with Gasteiger partial charge in [0.2, 0.25) is 0 Å². The average molecular weight is 259 g/mol. The monoisotopic (exact) mass is 259 g/mol. The molecule has 4 heteroatoms. The van der Waals surface area contributed by atoms with Gasteiger partial charge in [-0.2, -0.15) is 0 Å². The molecule has 0 radical (unpaired) electrons.